The zero-order chi connectivity index (χ0) is 7.56. The molecule has 0 aromatic rings. The van der Waals surface area contributed by atoms with Gasteiger partial charge in [0.25, 0.3) is 0 Å². The fourth-order valence-electron chi connectivity index (χ4n) is 1.05. The molecule has 0 aromatic carbocycles. The Kier molecular flexibility index (Phi) is 2.96. The van der Waals surface area contributed by atoms with Crippen LogP contribution in [0.2, 0.25) is 0 Å². The van der Waals surface area contributed by atoms with Gasteiger partial charge in [-0.05, 0) is 19.9 Å². The second-order valence-electron chi connectivity index (χ2n) is 2.98. The van der Waals surface area contributed by atoms with Gasteiger partial charge in [0, 0.05) is 18.5 Å². The molecule has 10 heavy (non-hydrogen) atoms. The molecule has 2 nitrogen and oxygen atoms in total. The van der Waals surface area contributed by atoms with Crippen molar-refractivity contribution >= 4 is 11.6 Å². The van der Waals surface area contributed by atoms with Gasteiger partial charge in [-0.3, -0.25) is 0 Å². The summed E-state index contributed by atoms with van der Waals surface area (Å²) >= 11 is 5.44. The van der Waals surface area contributed by atoms with Crippen LogP contribution in [0.3, 0.4) is 0 Å². The van der Waals surface area contributed by atoms with Crippen molar-refractivity contribution < 1.29 is 5.11 Å². The van der Waals surface area contributed by atoms with Crippen molar-refractivity contribution in [2.45, 2.75) is 25.0 Å². The summed E-state index contributed by atoms with van der Waals surface area (Å²) in [5, 5.41) is 9.13. The van der Waals surface area contributed by atoms with E-state index in [1.165, 1.54) is 12.8 Å². The van der Waals surface area contributed by atoms with Crippen LogP contribution in [0, 0.1) is 0 Å². The Morgan fingerprint density at radius 1 is 1.70 bits per heavy atom. The average Bonchev–Trinajstić information content (AvgIpc) is 2.68. The van der Waals surface area contributed by atoms with Crippen LogP contribution >= 0.6 is 11.6 Å². The second-order valence-corrected chi connectivity index (χ2v) is 3.29. The van der Waals surface area contributed by atoms with Gasteiger partial charge in [0.1, 0.15) is 0 Å². The summed E-state index contributed by atoms with van der Waals surface area (Å²) in [5.74, 6) is 0.344. The molecule has 60 valence electrons. The third-order valence-electron chi connectivity index (χ3n) is 1.85. The van der Waals surface area contributed by atoms with Crippen LogP contribution in [0.5, 0.6) is 0 Å². The van der Waals surface area contributed by atoms with Crippen molar-refractivity contribution in [3.05, 3.63) is 0 Å². The number of alkyl halides is 1. The summed E-state index contributed by atoms with van der Waals surface area (Å²) in [6, 6.07) is 0.720. The lowest BCUT2D eigenvalue weighted by atomic mass is 10.3. The summed E-state index contributed by atoms with van der Waals surface area (Å²) in [6.07, 6.45) is 2.21. The first kappa shape index (κ1) is 8.31. The Labute approximate surface area is 66.8 Å². The number of rotatable bonds is 4. The molecule has 1 aliphatic carbocycles. The lowest BCUT2D eigenvalue weighted by Gasteiger charge is -2.17. The lowest BCUT2D eigenvalue weighted by Crippen LogP contribution is -2.31. The highest BCUT2D eigenvalue weighted by Gasteiger charge is 2.26. The van der Waals surface area contributed by atoms with Crippen LogP contribution in [0.25, 0.3) is 0 Å². The molecule has 1 fully saturated rings. The van der Waals surface area contributed by atoms with Gasteiger partial charge in [0.2, 0.25) is 0 Å². The topological polar surface area (TPSA) is 23.5 Å². The molecule has 0 bridgehead atoms. The van der Waals surface area contributed by atoms with E-state index < -0.39 is 0 Å². The molecule has 0 amide bonds. The lowest BCUT2D eigenvalue weighted by molar-refractivity contribution is 0.140. The number of aliphatic hydroxyl groups excluding tert-OH is 1. The summed E-state index contributed by atoms with van der Waals surface area (Å²) in [6.45, 7) is 0.716. The van der Waals surface area contributed by atoms with E-state index in [9.17, 15) is 0 Å². The summed E-state index contributed by atoms with van der Waals surface area (Å²) in [5.41, 5.74) is 0. The van der Waals surface area contributed by atoms with Gasteiger partial charge >= 0.3 is 0 Å². The van der Waals surface area contributed by atoms with E-state index in [1.807, 2.05) is 7.05 Å². The van der Waals surface area contributed by atoms with Crippen molar-refractivity contribution in [1.82, 2.24) is 4.90 Å². The van der Waals surface area contributed by atoms with Crippen molar-refractivity contribution in [3.63, 3.8) is 0 Å². The molecule has 1 unspecified atom stereocenters. The van der Waals surface area contributed by atoms with E-state index >= 15 is 0 Å². The fourth-order valence-corrected chi connectivity index (χ4v) is 1.14. The highest BCUT2D eigenvalue weighted by Crippen LogP contribution is 2.25. The van der Waals surface area contributed by atoms with E-state index in [4.69, 9.17) is 16.7 Å². The van der Waals surface area contributed by atoms with E-state index in [0.29, 0.717) is 12.4 Å². The summed E-state index contributed by atoms with van der Waals surface area (Å²) in [7, 11) is 2.04. The molecular formula is C7H14ClNO. The van der Waals surface area contributed by atoms with Gasteiger partial charge in [-0.15, -0.1) is 11.6 Å². The molecule has 0 spiro atoms. The van der Waals surface area contributed by atoms with Crippen LogP contribution in [-0.2, 0) is 0 Å². The normalized spacial score (nSPS) is 21.6. The third kappa shape index (κ3) is 2.45. The molecule has 0 saturated heterocycles. The molecule has 0 heterocycles. The zero-order valence-electron chi connectivity index (χ0n) is 6.26. The maximum atomic E-state index is 9.13. The largest absolute Gasteiger partial charge is 0.391 e. The minimum absolute atomic E-state index is 0.344. The molecule has 0 aliphatic heterocycles. The Morgan fingerprint density at radius 2 is 2.30 bits per heavy atom. The SMILES string of the molecule is CN(CC(O)CCl)C1CC1. The van der Waals surface area contributed by atoms with Crippen molar-refractivity contribution in [3.8, 4) is 0 Å². The number of hydrogen-bond acceptors (Lipinski definition) is 2. The Bertz CT molecular complexity index is 106. The zero-order valence-corrected chi connectivity index (χ0v) is 7.01. The summed E-state index contributed by atoms with van der Waals surface area (Å²) in [4.78, 5) is 2.17. The predicted molar refractivity (Wildman–Crippen MR) is 42.4 cm³/mol. The molecule has 1 aliphatic rings. The third-order valence-corrected chi connectivity index (χ3v) is 2.20. The Balaban J connectivity index is 2.10. The van der Waals surface area contributed by atoms with Crippen LogP contribution < -0.4 is 0 Å². The Hall–Kier alpha value is 0.210. The molecule has 3 heteroatoms. The summed E-state index contributed by atoms with van der Waals surface area (Å²) < 4.78 is 0. The first-order chi connectivity index (χ1) is 4.74. The monoisotopic (exact) mass is 163 g/mol. The van der Waals surface area contributed by atoms with Gasteiger partial charge in [-0.1, -0.05) is 0 Å². The van der Waals surface area contributed by atoms with Crippen LogP contribution in [0.15, 0.2) is 0 Å². The maximum Gasteiger partial charge on any atom is 0.0802 e. The van der Waals surface area contributed by atoms with Gasteiger partial charge in [-0.25, -0.2) is 0 Å². The molecule has 1 saturated carbocycles. The highest BCUT2D eigenvalue weighted by molar-refractivity contribution is 6.18. The fraction of sp³-hybridized carbons (Fsp3) is 1.00. The van der Waals surface area contributed by atoms with E-state index in [2.05, 4.69) is 4.90 Å². The highest BCUT2D eigenvalue weighted by atomic mass is 35.5. The minimum Gasteiger partial charge on any atom is -0.391 e. The van der Waals surface area contributed by atoms with Gasteiger partial charge in [0.05, 0.1) is 6.10 Å². The number of likely N-dealkylation sites (N-methyl/N-ethyl adjacent to an activating group) is 1. The van der Waals surface area contributed by atoms with Crippen LogP contribution in [0.1, 0.15) is 12.8 Å². The van der Waals surface area contributed by atoms with Crippen LogP contribution in [-0.4, -0.2) is 41.6 Å². The van der Waals surface area contributed by atoms with E-state index in [0.717, 1.165) is 6.04 Å². The molecule has 1 atom stereocenters. The molecule has 0 aromatic heterocycles. The second kappa shape index (κ2) is 3.56. The van der Waals surface area contributed by atoms with E-state index in [1.54, 1.807) is 0 Å². The molecule has 0 radical (unpaired) electrons. The number of nitrogens with zero attached hydrogens (tertiary/aromatic N) is 1. The maximum absolute atomic E-state index is 9.13. The van der Waals surface area contributed by atoms with Crippen molar-refractivity contribution in [2.24, 2.45) is 0 Å². The van der Waals surface area contributed by atoms with Gasteiger partial charge in [0.15, 0.2) is 0 Å². The van der Waals surface area contributed by atoms with Gasteiger partial charge < -0.3 is 10.0 Å². The standard InChI is InChI=1S/C7H14ClNO/c1-9(6-2-3-6)5-7(10)4-8/h6-7,10H,2-5H2,1H3. The predicted octanol–water partition coefficient (Wildman–Crippen LogP) is 0.680. The molecular weight excluding hydrogens is 150 g/mol. The Morgan fingerprint density at radius 3 is 2.70 bits per heavy atom. The quantitative estimate of drug-likeness (QED) is 0.617. The van der Waals surface area contributed by atoms with Crippen molar-refractivity contribution in [2.75, 3.05) is 19.5 Å². The molecule has 1 rings (SSSR count). The first-order valence-corrected chi connectivity index (χ1v) is 4.21. The van der Waals surface area contributed by atoms with Crippen molar-refractivity contribution in [1.29, 1.82) is 0 Å². The van der Waals surface area contributed by atoms with Crippen LogP contribution in [0.4, 0.5) is 0 Å². The van der Waals surface area contributed by atoms with Gasteiger partial charge in [-0.2, -0.15) is 0 Å². The molecule has 1 N–H and O–H groups in total. The minimum atomic E-state index is -0.354. The average molecular weight is 164 g/mol. The smallest absolute Gasteiger partial charge is 0.0802 e. The number of hydrogen-bond donors (Lipinski definition) is 1. The number of aliphatic hydroxyl groups is 1. The van der Waals surface area contributed by atoms with E-state index in [-0.39, 0.29) is 6.10 Å². The first-order valence-electron chi connectivity index (χ1n) is 3.68. The number of halogens is 1.